The van der Waals surface area contributed by atoms with Gasteiger partial charge in [-0.2, -0.15) is 11.3 Å². The summed E-state index contributed by atoms with van der Waals surface area (Å²) in [6.45, 7) is 0.525. The first-order chi connectivity index (χ1) is 13.2. The van der Waals surface area contributed by atoms with Crippen LogP contribution in [0.2, 0.25) is 0 Å². The van der Waals surface area contributed by atoms with Crippen LogP contribution in [0.3, 0.4) is 0 Å². The average molecular weight is 378 g/mol. The fraction of sp³-hybridized carbons (Fsp3) is 0.182. The molecule has 0 bridgehead atoms. The number of rotatable bonds is 8. The second-order valence-electron chi connectivity index (χ2n) is 6.21. The van der Waals surface area contributed by atoms with E-state index in [1.54, 1.807) is 11.4 Å². The summed E-state index contributed by atoms with van der Waals surface area (Å²) < 4.78 is 0. The van der Waals surface area contributed by atoms with Crippen molar-refractivity contribution >= 4 is 23.2 Å². The van der Waals surface area contributed by atoms with Gasteiger partial charge in [0.25, 0.3) is 5.91 Å². The molecule has 2 N–H and O–H groups in total. The van der Waals surface area contributed by atoms with Gasteiger partial charge in [0.15, 0.2) is 0 Å². The predicted molar refractivity (Wildman–Crippen MR) is 109 cm³/mol. The van der Waals surface area contributed by atoms with Crippen molar-refractivity contribution in [3.8, 4) is 0 Å². The summed E-state index contributed by atoms with van der Waals surface area (Å²) in [5.74, 6) is -0.190. The van der Waals surface area contributed by atoms with Crippen LogP contribution >= 0.6 is 11.3 Å². The number of thiophene rings is 1. The van der Waals surface area contributed by atoms with E-state index in [0.717, 1.165) is 6.42 Å². The molecule has 2 amide bonds. The van der Waals surface area contributed by atoms with Crippen LogP contribution in [0, 0.1) is 0 Å². The fourth-order valence-corrected chi connectivity index (χ4v) is 3.61. The van der Waals surface area contributed by atoms with Gasteiger partial charge in [0.05, 0.1) is 6.54 Å². The van der Waals surface area contributed by atoms with E-state index in [2.05, 4.69) is 34.9 Å². The first kappa shape index (κ1) is 18.9. The Labute approximate surface area is 163 Å². The Kier molecular flexibility index (Phi) is 6.77. The maximum atomic E-state index is 12.0. The number of carbonyl (C=O) groups excluding carboxylic acids is 2. The molecular weight excluding hydrogens is 356 g/mol. The molecule has 0 unspecified atom stereocenters. The van der Waals surface area contributed by atoms with Crippen molar-refractivity contribution in [3.05, 3.63) is 94.2 Å². The van der Waals surface area contributed by atoms with E-state index in [9.17, 15) is 9.59 Å². The molecule has 138 valence electrons. The van der Waals surface area contributed by atoms with Crippen LogP contribution in [0.25, 0.3) is 0 Å². The highest BCUT2D eigenvalue weighted by molar-refractivity contribution is 7.08. The van der Waals surface area contributed by atoms with Crippen molar-refractivity contribution in [2.45, 2.75) is 12.3 Å². The molecule has 1 heterocycles. The molecule has 4 nitrogen and oxygen atoms in total. The van der Waals surface area contributed by atoms with Crippen LogP contribution in [0.5, 0.6) is 0 Å². The third-order valence-electron chi connectivity index (χ3n) is 4.35. The predicted octanol–water partition coefficient (Wildman–Crippen LogP) is 3.82. The summed E-state index contributed by atoms with van der Waals surface area (Å²) >= 11 is 1.45. The minimum Gasteiger partial charge on any atom is -0.355 e. The molecule has 0 aliphatic heterocycles. The van der Waals surface area contributed by atoms with Gasteiger partial charge in [-0.15, -0.1) is 0 Å². The Morgan fingerprint density at radius 2 is 1.48 bits per heavy atom. The molecule has 2 aromatic carbocycles. The van der Waals surface area contributed by atoms with Gasteiger partial charge < -0.3 is 10.6 Å². The maximum Gasteiger partial charge on any atom is 0.252 e. The standard InChI is InChI=1S/C22H22N2O2S/c25-21(15-24-22(26)19-12-14-27-16-19)23-13-11-20(17-7-3-1-4-8-17)18-9-5-2-6-10-18/h1-10,12,14,16,20H,11,13,15H2,(H,23,25)(H,24,26). The zero-order valence-electron chi connectivity index (χ0n) is 14.9. The van der Waals surface area contributed by atoms with Crippen molar-refractivity contribution in [2.75, 3.05) is 13.1 Å². The summed E-state index contributed by atoms with van der Waals surface area (Å²) in [7, 11) is 0. The number of nitrogens with one attached hydrogen (secondary N) is 2. The summed E-state index contributed by atoms with van der Waals surface area (Å²) in [5.41, 5.74) is 3.04. The van der Waals surface area contributed by atoms with Crippen molar-refractivity contribution in [2.24, 2.45) is 0 Å². The first-order valence-electron chi connectivity index (χ1n) is 8.91. The van der Waals surface area contributed by atoms with Gasteiger partial charge in [-0.05, 0) is 29.0 Å². The molecule has 0 atom stereocenters. The van der Waals surface area contributed by atoms with Gasteiger partial charge in [0, 0.05) is 23.4 Å². The Morgan fingerprint density at radius 3 is 2.04 bits per heavy atom. The van der Waals surface area contributed by atoms with E-state index in [1.807, 2.05) is 41.8 Å². The molecule has 0 aliphatic rings. The molecule has 0 spiro atoms. The van der Waals surface area contributed by atoms with E-state index >= 15 is 0 Å². The van der Waals surface area contributed by atoms with Gasteiger partial charge in [-0.25, -0.2) is 0 Å². The second-order valence-corrected chi connectivity index (χ2v) is 6.99. The van der Waals surface area contributed by atoms with Crippen molar-refractivity contribution in [1.29, 1.82) is 0 Å². The van der Waals surface area contributed by atoms with E-state index in [0.29, 0.717) is 12.1 Å². The average Bonchev–Trinajstić information content (AvgIpc) is 3.26. The lowest BCUT2D eigenvalue weighted by Gasteiger charge is -2.18. The number of hydrogen-bond acceptors (Lipinski definition) is 3. The van der Waals surface area contributed by atoms with Gasteiger partial charge in [-0.3, -0.25) is 9.59 Å². The van der Waals surface area contributed by atoms with Gasteiger partial charge in [0.2, 0.25) is 5.91 Å². The monoisotopic (exact) mass is 378 g/mol. The zero-order chi connectivity index (χ0) is 18.9. The van der Waals surface area contributed by atoms with E-state index in [-0.39, 0.29) is 24.3 Å². The van der Waals surface area contributed by atoms with Crippen molar-refractivity contribution in [1.82, 2.24) is 10.6 Å². The molecule has 0 fully saturated rings. The molecule has 3 aromatic rings. The number of benzene rings is 2. The molecule has 0 radical (unpaired) electrons. The van der Waals surface area contributed by atoms with Crippen LogP contribution in [0.4, 0.5) is 0 Å². The Morgan fingerprint density at radius 1 is 0.852 bits per heavy atom. The highest BCUT2D eigenvalue weighted by Gasteiger charge is 2.14. The lowest BCUT2D eigenvalue weighted by atomic mass is 9.88. The lowest BCUT2D eigenvalue weighted by Crippen LogP contribution is -2.37. The molecule has 3 rings (SSSR count). The van der Waals surface area contributed by atoms with Crippen LogP contribution in [0.1, 0.15) is 33.8 Å². The van der Waals surface area contributed by atoms with Gasteiger partial charge in [0.1, 0.15) is 0 Å². The van der Waals surface area contributed by atoms with Crippen LogP contribution < -0.4 is 10.6 Å². The summed E-state index contributed by atoms with van der Waals surface area (Å²) in [6, 6.07) is 22.3. The smallest absolute Gasteiger partial charge is 0.252 e. The number of carbonyl (C=O) groups is 2. The highest BCUT2D eigenvalue weighted by Crippen LogP contribution is 2.27. The topological polar surface area (TPSA) is 58.2 Å². The third-order valence-corrected chi connectivity index (χ3v) is 5.04. The van der Waals surface area contributed by atoms with Crippen LogP contribution in [-0.2, 0) is 4.79 Å². The number of hydrogen-bond donors (Lipinski definition) is 2. The maximum absolute atomic E-state index is 12.0. The Balaban J connectivity index is 1.52. The molecule has 0 saturated heterocycles. The minimum atomic E-state index is -0.224. The molecule has 5 heteroatoms. The summed E-state index contributed by atoms with van der Waals surface area (Å²) in [4.78, 5) is 23.9. The van der Waals surface area contributed by atoms with E-state index < -0.39 is 0 Å². The summed E-state index contributed by atoms with van der Waals surface area (Å²) in [6.07, 6.45) is 0.790. The van der Waals surface area contributed by atoms with E-state index in [4.69, 9.17) is 0 Å². The largest absolute Gasteiger partial charge is 0.355 e. The van der Waals surface area contributed by atoms with Crippen LogP contribution in [0.15, 0.2) is 77.5 Å². The quantitative estimate of drug-likeness (QED) is 0.626. The fourth-order valence-electron chi connectivity index (χ4n) is 2.97. The zero-order valence-corrected chi connectivity index (χ0v) is 15.7. The minimum absolute atomic E-state index is 0.0178. The third kappa shape index (κ3) is 5.53. The Hall–Kier alpha value is -2.92. The normalized spacial score (nSPS) is 10.6. The molecule has 0 aliphatic carbocycles. The van der Waals surface area contributed by atoms with Crippen molar-refractivity contribution < 1.29 is 9.59 Å². The molecular formula is C22H22N2O2S. The summed E-state index contributed by atoms with van der Waals surface area (Å²) in [5, 5.41) is 9.14. The van der Waals surface area contributed by atoms with Gasteiger partial charge in [-0.1, -0.05) is 60.7 Å². The Bertz CT molecular complexity index is 809. The van der Waals surface area contributed by atoms with Crippen LogP contribution in [-0.4, -0.2) is 24.9 Å². The van der Waals surface area contributed by atoms with Crippen molar-refractivity contribution in [3.63, 3.8) is 0 Å². The number of amides is 2. The molecule has 27 heavy (non-hydrogen) atoms. The molecule has 0 saturated carbocycles. The molecule has 1 aromatic heterocycles. The van der Waals surface area contributed by atoms with Gasteiger partial charge >= 0.3 is 0 Å². The van der Waals surface area contributed by atoms with E-state index in [1.165, 1.54) is 22.5 Å². The first-order valence-corrected chi connectivity index (χ1v) is 9.85. The SMILES string of the molecule is O=C(CNC(=O)c1ccsc1)NCCC(c1ccccc1)c1ccccc1. The lowest BCUT2D eigenvalue weighted by molar-refractivity contribution is -0.120. The highest BCUT2D eigenvalue weighted by atomic mass is 32.1. The second kappa shape index (κ2) is 9.69.